The van der Waals surface area contributed by atoms with Crippen molar-refractivity contribution in [3.63, 3.8) is 0 Å². The predicted octanol–water partition coefficient (Wildman–Crippen LogP) is 3.28. The number of rotatable bonds is 4. The molecule has 6 heteroatoms. The largest absolute Gasteiger partial charge is 0.486 e. The average molecular weight is 357 g/mol. The Morgan fingerprint density at radius 2 is 1.92 bits per heavy atom. The predicted molar refractivity (Wildman–Crippen MR) is 97.9 cm³/mol. The van der Waals surface area contributed by atoms with Gasteiger partial charge in [0, 0.05) is 13.0 Å². The van der Waals surface area contributed by atoms with Gasteiger partial charge in [-0.2, -0.15) is 0 Å². The van der Waals surface area contributed by atoms with Crippen LogP contribution in [0.2, 0.25) is 0 Å². The zero-order chi connectivity index (χ0) is 18.7. The first-order valence-electron chi connectivity index (χ1n) is 9.10. The van der Waals surface area contributed by atoms with E-state index in [1.807, 2.05) is 12.1 Å². The standard InChI is InChI=1S/C20H27N3O3/c1-20(2,3)15-6-8-16(9-7-15)26-13-18-22-21-17-10-5-14(19(24)25-4)11-12-23(17)18/h6-9,14H,5,10-13H2,1-4H3. The molecule has 0 saturated carbocycles. The lowest BCUT2D eigenvalue weighted by molar-refractivity contribution is -0.145. The van der Waals surface area contributed by atoms with Crippen molar-refractivity contribution in [3.8, 4) is 5.75 Å². The van der Waals surface area contributed by atoms with E-state index in [1.165, 1.54) is 12.7 Å². The van der Waals surface area contributed by atoms with Gasteiger partial charge in [0.1, 0.15) is 18.2 Å². The van der Waals surface area contributed by atoms with Gasteiger partial charge in [-0.3, -0.25) is 4.79 Å². The maximum absolute atomic E-state index is 11.8. The molecule has 140 valence electrons. The Kier molecular flexibility index (Phi) is 5.30. The monoisotopic (exact) mass is 357 g/mol. The Balaban J connectivity index is 1.64. The molecule has 1 aliphatic rings. The van der Waals surface area contributed by atoms with Crippen molar-refractivity contribution in [2.75, 3.05) is 7.11 Å². The molecule has 1 aliphatic heterocycles. The van der Waals surface area contributed by atoms with Crippen LogP contribution in [0.1, 0.15) is 50.8 Å². The third-order valence-corrected chi connectivity index (χ3v) is 4.94. The molecule has 26 heavy (non-hydrogen) atoms. The number of hydrogen-bond acceptors (Lipinski definition) is 5. The number of nitrogens with zero attached hydrogens (tertiary/aromatic N) is 3. The van der Waals surface area contributed by atoms with Crippen LogP contribution in [0.3, 0.4) is 0 Å². The van der Waals surface area contributed by atoms with Gasteiger partial charge in [-0.15, -0.1) is 10.2 Å². The summed E-state index contributed by atoms with van der Waals surface area (Å²) in [5, 5.41) is 8.55. The lowest BCUT2D eigenvalue weighted by Crippen LogP contribution is -2.17. The highest BCUT2D eigenvalue weighted by Crippen LogP contribution is 2.25. The number of ether oxygens (including phenoxy) is 2. The van der Waals surface area contributed by atoms with E-state index in [0.717, 1.165) is 36.7 Å². The summed E-state index contributed by atoms with van der Waals surface area (Å²) in [6.45, 7) is 7.65. The lowest BCUT2D eigenvalue weighted by atomic mass is 9.87. The number of carbonyl (C=O) groups is 1. The van der Waals surface area contributed by atoms with Crippen LogP contribution in [0.25, 0.3) is 0 Å². The maximum Gasteiger partial charge on any atom is 0.308 e. The molecule has 0 bridgehead atoms. The summed E-state index contributed by atoms with van der Waals surface area (Å²) in [7, 11) is 1.44. The fraction of sp³-hybridized carbons (Fsp3) is 0.550. The SMILES string of the molecule is COC(=O)C1CCc2nnc(COc3ccc(C(C)(C)C)cc3)n2CC1. The van der Waals surface area contributed by atoms with Crippen LogP contribution in [-0.2, 0) is 34.5 Å². The van der Waals surface area contributed by atoms with Gasteiger partial charge in [-0.25, -0.2) is 0 Å². The fourth-order valence-corrected chi connectivity index (χ4v) is 3.26. The summed E-state index contributed by atoms with van der Waals surface area (Å²) in [5.74, 6) is 2.32. The second-order valence-corrected chi connectivity index (χ2v) is 7.79. The maximum atomic E-state index is 11.8. The normalized spacial score (nSPS) is 17.3. The number of aryl methyl sites for hydroxylation is 1. The lowest BCUT2D eigenvalue weighted by Gasteiger charge is -2.19. The first kappa shape index (κ1) is 18.4. The van der Waals surface area contributed by atoms with Gasteiger partial charge in [0.05, 0.1) is 13.0 Å². The Bertz CT molecular complexity index is 760. The molecule has 1 atom stereocenters. The highest BCUT2D eigenvalue weighted by atomic mass is 16.5. The van der Waals surface area contributed by atoms with Crippen LogP contribution in [0.5, 0.6) is 5.75 Å². The molecule has 1 aromatic carbocycles. The highest BCUT2D eigenvalue weighted by molar-refractivity contribution is 5.72. The fourth-order valence-electron chi connectivity index (χ4n) is 3.26. The van der Waals surface area contributed by atoms with E-state index < -0.39 is 0 Å². The number of benzene rings is 1. The molecule has 0 spiro atoms. The van der Waals surface area contributed by atoms with Crippen molar-refractivity contribution < 1.29 is 14.3 Å². The minimum absolute atomic E-state index is 0.0691. The van der Waals surface area contributed by atoms with E-state index in [1.54, 1.807) is 0 Å². The minimum Gasteiger partial charge on any atom is -0.486 e. The van der Waals surface area contributed by atoms with Crippen molar-refractivity contribution >= 4 is 5.97 Å². The van der Waals surface area contributed by atoms with Crippen LogP contribution in [0, 0.1) is 5.92 Å². The molecule has 3 rings (SSSR count). The van der Waals surface area contributed by atoms with Gasteiger partial charge >= 0.3 is 5.97 Å². The van der Waals surface area contributed by atoms with Crippen molar-refractivity contribution in [3.05, 3.63) is 41.5 Å². The van der Waals surface area contributed by atoms with Crippen molar-refractivity contribution in [2.45, 2.75) is 58.6 Å². The number of methoxy groups -OCH3 is 1. The number of fused-ring (bicyclic) bond motifs is 1. The third-order valence-electron chi connectivity index (χ3n) is 4.94. The third kappa shape index (κ3) is 4.06. The first-order chi connectivity index (χ1) is 12.4. The van der Waals surface area contributed by atoms with Crippen LogP contribution in [0.15, 0.2) is 24.3 Å². The summed E-state index contributed by atoms with van der Waals surface area (Å²) in [6.07, 6.45) is 2.22. The summed E-state index contributed by atoms with van der Waals surface area (Å²) in [4.78, 5) is 11.8. The number of aromatic nitrogens is 3. The number of carbonyl (C=O) groups excluding carboxylic acids is 1. The highest BCUT2D eigenvalue weighted by Gasteiger charge is 2.25. The van der Waals surface area contributed by atoms with E-state index in [9.17, 15) is 4.79 Å². The molecule has 0 amide bonds. The van der Waals surface area contributed by atoms with Crippen molar-refractivity contribution in [2.24, 2.45) is 5.92 Å². The summed E-state index contributed by atoms with van der Waals surface area (Å²) in [5.41, 5.74) is 1.40. The Hall–Kier alpha value is -2.37. The minimum atomic E-state index is -0.138. The summed E-state index contributed by atoms with van der Waals surface area (Å²) < 4.78 is 12.9. The van der Waals surface area contributed by atoms with Crippen LogP contribution in [0.4, 0.5) is 0 Å². The molecule has 6 nitrogen and oxygen atoms in total. The molecule has 2 heterocycles. The van der Waals surface area contributed by atoms with Gasteiger partial charge in [0.2, 0.25) is 0 Å². The van der Waals surface area contributed by atoms with Gasteiger partial charge in [-0.05, 0) is 36.0 Å². The van der Waals surface area contributed by atoms with Gasteiger partial charge < -0.3 is 14.0 Å². The molecule has 0 fully saturated rings. The second kappa shape index (κ2) is 7.48. The molecular weight excluding hydrogens is 330 g/mol. The molecule has 0 radical (unpaired) electrons. The van der Waals surface area contributed by atoms with Crippen LogP contribution in [-0.4, -0.2) is 27.8 Å². The summed E-state index contributed by atoms with van der Waals surface area (Å²) >= 11 is 0. The quantitative estimate of drug-likeness (QED) is 0.786. The Morgan fingerprint density at radius 3 is 2.58 bits per heavy atom. The average Bonchev–Trinajstić information content (AvgIpc) is 2.88. The zero-order valence-corrected chi connectivity index (χ0v) is 16.0. The van der Waals surface area contributed by atoms with Gasteiger partial charge in [-0.1, -0.05) is 32.9 Å². The molecule has 0 saturated heterocycles. The molecular formula is C20H27N3O3. The molecule has 2 aromatic rings. The van der Waals surface area contributed by atoms with Crippen molar-refractivity contribution in [1.82, 2.24) is 14.8 Å². The number of hydrogen-bond donors (Lipinski definition) is 0. The molecule has 0 aliphatic carbocycles. The zero-order valence-electron chi connectivity index (χ0n) is 16.0. The first-order valence-corrected chi connectivity index (χ1v) is 9.10. The Morgan fingerprint density at radius 1 is 1.19 bits per heavy atom. The van der Waals surface area contributed by atoms with E-state index in [-0.39, 0.29) is 17.3 Å². The summed E-state index contributed by atoms with van der Waals surface area (Å²) in [6, 6.07) is 8.18. The van der Waals surface area contributed by atoms with E-state index >= 15 is 0 Å². The number of esters is 1. The van der Waals surface area contributed by atoms with E-state index in [2.05, 4.69) is 47.7 Å². The van der Waals surface area contributed by atoms with Crippen LogP contribution >= 0.6 is 0 Å². The second-order valence-electron chi connectivity index (χ2n) is 7.79. The smallest absolute Gasteiger partial charge is 0.308 e. The molecule has 1 unspecified atom stereocenters. The van der Waals surface area contributed by atoms with E-state index in [0.29, 0.717) is 13.2 Å². The molecule has 1 aromatic heterocycles. The van der Waals surface area contributed by atoms with Gasteiger partial charge in [0.25, 0.3) is 0 Å². The Labute approximate surface area is 154 Å². The van der Waals surface area contributed by atoms with Crippen LogP contribution < -0.4 is 4.74 Å². The van der Waals surface area contributed by atoms with Crippen molar-refractivity contribution in [1.29, 1.82) is 0 Å². The van der Waals surface area contributed by atoms with E-state index in [4.69, 9.17) is 9.47 Å². The molecule has 0 N–H and O–H groups in total. The topological polar surface area (TPSA) is 66.2 Å². The van der Waals surface area contributed by atoms with Gasteiger partial charge in [0.15, 0.2) is 5.82 Å².